The minimum absolute atomic E-state index is 0.144. The zero-order chi connectivity index (χ0) is 8.41. The SMILES string of the molecule is CC(=O)O.OCC=CCBr. The molecule has 0 aromatic carbocycles. The van der Waals surface area contributed by atoms with Crippen LogP contribution in [0, 0.1) is 0 Å². The molecule has 0 aromatic heterocycles. The fourth-order valence-electron chi connectivity index (χ4n) is 0.138. The summed E-state index contributed by atoms with van der Waals surface area (Å²) >= 11 is 3.15. The summed E-state index contributed by atoms with van der Waals surface area (Å²) < 4.78 is 0. The second-order valence-electron chi connectivity index (χ2n) is 1.33. The van der Waals surface area contributed by atoms with Crippen molar-refractivity contribution in [3.8, 4) is 0 Å². The summed E-state index contributed by atoms with van der Waals surface area (Å²) in [6.07, 6.45) is 3.54. The van der Waals surface area contributed by atoms with Gasteiger partial charge in [0, 0.05) is 12.3 Å². The highest BCUT2D eigenvalue weighted by atomic mass is 79.9. The lowest BCUT2D eigenvalue weighted by atomic mass is 10.6. The fraction of sp³-hybridized carbons (Fsp3) is 0.500. The number of aliphatic hydroxyl groups is 1. The molecule has 0 fully saturated rings. The van der Waals surface area contributed by atoms with E-state index in [1.54, 1.807) is 6.08 Å². The summed E-state index contributed by atoms with van der Waals surface area (Å²) in [5.41, 5.74) is 0. The molecule has 0 saturated carbocycles. The minimum Gasteiger partial charge on any atom is -0.481 e. The number of alkyl halides is 1. The Balaban J connectivity index is 0. The summed E-state index contributed by atoms with van der Waals surface area (Å²) in [5.74, 6) is -0.833. The molecule has 60 valence electrons. The van der Waals surface area contributed by atoms with E-state index in [1.807, 2.05) is 6.08 Å². The summed E-state index contributed by atoms with van der Waals surface area (Å²) in [5, 5.41) is 16.3. The zero-order valence-electron chi connectivity index (χ0n) is 5.75. The fourth-order valence-corrected chi connectivity index (χ4v) is 0.402. The van der Waals surface area contributed by atoms with E-state index in [2.05, 4.69) is 15.9 Å². The van der Waals surface area contributed by atoms with Crippen molar-refractivity contribution < 1.29 is 15.0 Å². The lowest BCUT2D eigenvalue weighted by Gasteiger charge is -1.71. The van der Waals surface area contributed by atoms with Gasteiger partial charge in [-0.25, -0.2) is 0 Å². The molecule has 0 amide bonds. The third kappa shape index (κ3) is 48.2. The third-order valence-corrected chi connectivity index (χ3v) is 0.735. The van der Waals surface area contributed by atoms with Crippen LogP contribution in [0.2, 0.25) is 0 Å². The second kappa shape index (κ2) is 11.4. The Morgan fingerprint density at radius 3 is 2.10 bits per heavy atom. The van der Waals surface area contributed by atoms with Crippen LogP contribution in [0.3, 0.4) is 0 Å². The van der Waals surface area contributed by atoms with Crippen molar-refractivity contribution in [2.45, 2.75) is 6.92 Å². The first kappa shape index (κ1) is 12.3. The molecule has 0 heterocycles. The van der Waals surface area contributed by atoms with E-state index in [1.165, 1.54) is 0 Å². The number of aliphatic hydroxyl groups excluding tert-OH is 1. The Morgan fingerprint density at radius 1 is 1.60 bits per heavy atom. The van der Waals surface area contributed by atoms with Gasteiger partial charge in [0.1, 0.15) is 0 Å². The van der Waals surface area contributed by atoms with Gasteiger partial charge in [-0.05, 0) is 0 Å². The second-order valence-corrected chi connectivity index (χ2v) is 1.97. The Labute approximate surface area is 68.5 Å². The Hall–Kier alpha value is -0.350. The molecule has 0 bridgehead atoms. The summed E-state index contributed by atoms with van der Waals surface area (Å²) in [7, 11) is 0. The average Bonchev–Trinajstić information content (AvgIpc) is 1.82. The Morgan fingerprint density at radius 2 is 2.00 bits per heavy atom. The van der Waals surface area contributed by atoms with E-state index in [-0.39, 0.29) is 6.61 Å². The molecule has 0 atom stereocenters. The van der Waals surface area contributed by atoms with Crippen LogP contribution in [-0.4, -0.2) is 28.1 Å². The number of carbonyl (C=O) groups is 1. The van der Waals surface area contributed by atoms with E-state index in [0.717, 1.165) is 12.3 Å². The van der Waals surface area contributed by atoms with Crippen LogP contribution in [0.15, 0.2) is 12.2 Å². The van der Waals surface area contributed by atoms with E-state index in [4.69, 9.17) is 15.0 Å². The Kier molecular flexibility index (Phi) is 14.1. The first-order valence-corrected chi connectivity index (χ1v) is 3.78. The van der Waals surface area contributed by atoms with Crippen LogP contribution >= 0.6 is 15.9 Å². The van der Waals surface area contributed by atoms with Crippen molar-refractivity contribution in [2.75, 3.05) is 11.9 Å². The highest BCUT2D eigenvalue weighted by molar-refractivity contribution is 9.09. The van der Waals surface area contributed by atoms with Crippen molar-refractivity contribution >= 4 is 21.9 Å². The molecule has 0 radical (unpaired) electrons. The van der Waals surface area contributed by atoms with Gasteiger partial charge in [-0.3, -0.25) is 4.79 Å². The van der Waals surface area contributed by atoms with Gasteiger partial charge in [-0.1, -0.05) is 28.1 Å². The molecule has 0 saturated heterocycles. The van der Waals surface area contributed by atoms with Crippen LogP contribution in [0.5, 0.6) is 0 Å². The predicted octanol–water partition coefficient (Wildman–Crippen LogP) is 1.02. The number of hydrogen-bond donors (Lipinski definition) is 2. The third-order valence-electron chi connectivity index (χ3n) is 0.361. The molecule has 0 aliphatic heterocycles. The van der Waals surface area contributed by atoms with Crippen molar-refractivity contribution in [3.05, 3.63) is 12.2 Å². The van der Waals surface area contributed by atoms with E-state index >= 15 is 0 Å². The number of rotatable bonds is 2. The molecule has 0 rings (SSSR count). The highest BCUT2D eigenvalue weighted by Gasteiger charge is 1.65. The molecule has 3 nitrogen and oxygen atoms in total. The average molecular weight is 211 g/mol. The van der Waals surface area contributed by atoms with E-state index in [9.17, 15) is 0 Å². The molecule has 2 N–H and O–H groups in total. The van der Waals surface area contributed by atoms with Gasteiger partial charge < -0.3 is 10.2 Å². The van der Waals surface area contributed by atoms with E-state index in [0.29, 0.717) is 0 Å². The highest BCUT2D eigenvalue weighted by Crippen LogP contribution is 1.78. The van der Waals surface area contributed by atoms with Crippen LogP contribution in [0.1, 0.15) is 6.92 Å². The summed E-state index contributed by atoms with van der Waals surface area (Å²) in [6.45, 7) is 1.23. The smallest absolute Gasteiger partial charge is 0.300 e. The molecule has 0 unspecified atom stereocenters. The summed E-state index contributed by atoms with van der Waals surface area (Å²) in [4.78, 5) is 9.00. The van der Waals surface area contributed by atoms with Gasteiger partial charge in [-0.15, -0.1) is 0 Å². The van der Waals surface area contributed by atoms with Gasteiger partial charge in [0.15, 0.2) is 0 Å². The molecule has 4 heteroatoms. The number of allylic oxidation sites excluding steroid dienone is 1. The van der Waals surface area contributed by atoms with E-state index < -0.39 is 5.97 Å². The van der Waals surface area contributed by atoms with Gasteiger partial charge in [0.25, 0.3) is 5.97 Å². The number of aliphatic carboxylic acids is 1. The van der Waals surface area contributed by atoms with Crippen LogP contribution in [0.4, 0.5) is 0 Å². The first-order chi connectivity index (χ1) is 4.65. The van der Waals surface area contributed by atoms with Gasteiger partial charge in [0.05, 0.1) is 6.61 Å². The van der Waals surface area contributed by atoms with Crippen molar-refractivity contribution in [1.29, 1.82) is 0 Å². The molecule has 0 spiro atoms. The summed E-state index contributed by atoms with van der Waals surface area (Å²) in [6, 6.07) is 0. The predicted molar refractivity (Wildman–Crippen MR) is 43.3 cm³/mol. The van der Waals surface area contributed by atoms with Crippen LogP contribution in [0.25, 0.3) is 0 Å². The molecular formula is C6H11BrO3. The standard InChI is InChI=1S/C4H7BrO.C2H4O2/c5-3-1-2-4-6;1-2(3)4/h1-2,6H,3-4H2;1H3,(H,3,4). The van der Waals surface area contributed by atoms with Gasteiger partial charge >= 0.3 is 0 Å². The lowest BCUT2D eigenvalue weighted by Crippen LogP contribution is -1.78. The van der Waals surface area contributed by atoms with Crippen molar-refractivity contribution in [2.24, 2.45) is 0 Å². The monoisotopic (exact) mass is 210 g/mol. The maximum Gasteiger partial charge on any atom is 0.300 e. The lowest BCUT2D eigenvalue weighted by molar-refractivity contribution is -0.134. The largest absolute Gasteiger partial charge is 0.481 e. The van der Waals surface area contributed by atoms with Crippen molar-refractivity contribution in [1.82, 2.24) is 0 Å². The number of hydrogen-bond acceptors (Lipinski definition) is 2. The quantitative estimate of drug-likeness (QED) is 0.529. The topological polar surface area (TPSA) is 57.5 Å². The normalized spacial score (nSPS) is 8.70. The minimum atomic E-state index is -0.833. The number of carboxylic acid groups (broad SMARTS) is 1. The molecule has 0 aliphatic rings. The maximum absolute atomic E-state index is 9.00. The molecule has 0 aromatic rings. The molecule has 10 heavy (non-hydrogen) atoms. The molecule has 0 aliphatic carbocycles. The number of halogens is 1. The van der Waals surface area contributed by atoms with Crippen LogP contribution < -0.4 is 0 Å². The first-order valence-electron chi connectivity index (χ1n) is 2.66. The van der Waals surface area contributed by atoms with Crippen LogP contribution in [-0.2, 0) is 4.79 Å². The molecular weight excluding hydrogens is 200 g/mol. The zero-order valence-corrected chi connectivity index (χ0v) is 7.34. The van der Waals surface area contributed by atoms with Gasteiger partial charge in [0.2, 0.25) is 0 Å². The Bertz CT molecular complexity index is 91.2. The van der Waals surface area contributed by atoms with Crippen molar-refractivity contribution in [3.63, 3.8) is 0 Å². The van der Waals surface area contributed by atoms with Gasteiger partial charge in [-0.2, -0.15) is 0 Å². The number of carboxylic acids is 1. The maximum atomic E-state index is 9.00.